The number of fused-ring (bicyclic) bond motifs is 1. The zero-order valence-corrected chi connectivity index (χ0v) is 16.6. The minimum Gasteiger partial charge on any atom is -0.493 e. The molecule has 152 valence electrons. The Morgan fingerprint density at radius 3 is 2.53 bits per heavy atom. The van der Waals surface area contributed by atoms with Gasteiger partial charge in [0.15, 0.2) is 5.58 Å². The maximum atomic E-state index is 9.44. The molecule has 5 rings (SSSR count). The summed E-state index contributed by atoms with van der Waals surface area (Å²) in [7, 11) is 0. The SMILES string of the molecule is Oc1ccc(-c2ccnc3cc(-c4ccc(OCCN5CCCC5)cc4)oc23)cn1. The monoisotopic (exact) mass is 401 g/mol. The van der Waals surface area contributed by atoms with Crippen LogP contribution < -0.4 is 4.74 Å². The molecule has 30 heavy (non-hydrogen) atoms. The van der Waals surface area contributed by atoms with E-state index in [-0.39, 0.29) is 5.88 Å². The molecule has 6 nitrogen and oxygen atoms in total. The second-order valence-corrected chi connectivity index (χ2v) is 7.51. The Morgan fingerprint density at radius 2 is 1.77 bits per heavy atom. The lowest BCUT2D eigenvalue weighted by atomic mass is 10.1. The van der Waals surface area contributed by atoms with Gasteiger partial charge in [-0.1, -0.05) is 0 Å². The average Bonchev–Trinajstić information content (AvgIpc) is 3.44. The number of hydrogen-bond acceptors (Lipinski definition) is 6. The first-order chi connectivity index (χ1) is 14.8. The van der Waals surface area contributed by atoms with Gasteiger partial charge in [0.25, 0.3) is 0 Å². The molecule has 0 aliphatic carbocycles. The third-order valence-electron chi connectivity index (χ3n) is 5.48. The molecule has 1 aliphatic rings. The van der Waals surface area contributed by atoms with Gasteiger partial charge in [-0.05, 0) is 62.3 Å². The Bertz CT molecular complexity index is 1130. The molecule has 0 saturated carbocycles. The summed E-state index contributed by atoms with van der Waals surface area (Å²) in [5.41, 5.74) is 4.20. The molecule has 1 aromatic carbocycles. The molecule has 0 unspecified atom stereocenters. The highest BCUT2D eigenvalue weighted by atomic mass is 16.5. The molecule has 1 aliphatic heterocycles. The number of furan rings is 1. The number of benzene rings is 1. The van der Waals surface area contributed by atoms with Crippen LogP contribution in [0.5, 0.6) is 11.6 Å². The molecular weight excluding hydrogens is 378 g/mol. The van der Waals surface area contributed by atoms with Crippen LogP contribution in [-0.4, -0.2) is 46.2 Å². The van der Waals surface area contributed by atoms with Crippen molar-refractivity contribution in [3.63, 3.8) is 0 Å². The molecule has 0 bridgehead atoms. The minimum absolute atomic E-state index is 0.00748. The number of pyridine rings is 2. The Balaban J connectivity index is 1.34. The second kappa shape index (κ2) is 8.16. The molecule has 0 radical (unpaired) electrons. The van der Waals surface area contributed by atoms with E-state index in [1.165, 1.54) is 25.9 Å². The molecule has 3 aromatic heterocycles. The first-order valence-electron chi connectivity index (χ1n) is 10.3. The van der Waals surface area contributed by atoms with Gasteiger partial charge in [-0.3, -0.25) is 9.88 Å². The van der Waals surface area contributed by atoms with Crippen molar-refractivity contribution in [3.05, 3.63) is 60.9 Å². The van der Waals surface area contributed by atoms with Crippen molar-refractivity contribution >= 4 is 11.1 Å². The zero-order valence-electron chi connectivity index (χ0n) is 16.6. The molecule has 0 spiro atoms. The number of likely N-dealkylation sites (tertiary alicyclic amines) is 1. The van der Waals surface area contributed by atoms with Crippen LogP contribution in [0.15, 0.2) is 65.3 Å². The van der Waals surface area contributed by atoms with Gasteiger partial charge in [-0.2, -0.15) is 0 Å². The molecule has 4 aromatic rings. The predicted molar refractivity (Wildman–Crippen MR) is 116 cm³/mol. The van der Waals surface area contributed by atoms with E-state index in [9.17, 15) is 5.11 Å². The summed E-state index contributed by atoms with van der Waals surface area (Å²) in [5, 5.41) is 9.44. The zero-order chi connectivity index (χ0) is 20.3. The highest BCUT2D eigenvalue weighted by Crippen LogP contribution is 2.34. The summed E-state index contributed by atoms with van der Waals surface area (Å²) in [4.78, 5) is 10.8. The van der Waals surface area contributed by atoms with Crippen LogP contribution in [0.25, 0.3) is 33.6 Å². The number of aromatic nitrogens is 2. The molecule has 1 fully saturated rings. The number of ether oxygens (including phenoxy) is 1. The largest absolute Gasteiger partial charge is 0.493 e. The quantitative estimate of drug-likeness (QED) is 0.503. The Kier molecular flexibility index (Phi) is 5.07. The highest BCUT2D eigenvalue weighted by Gasteiger charge is 2.13. The maximum absolute atomic E-state index is 9.44. The molecule has 0 amide bonds. The average molecular weight is 401 g/mol. The van der Waals surface area contributed by atoms with E-state index in [0.717, 1.165) is 40.3 Å². The normalized spacial score (nSPS) is 14.4. The van der Waals surface area contributed by atoms with E-state index in [4.69, 9.17) is 9.15 Å². The van der Waals surface area contributed by atoms with E-state index in [0.29, 0.717) is 12.2 Å². The summed E-state index contributed by atoms with van der Waals surface area (Å²) in [5.74, 6) is 1.61. The van der Waals surface area contributed by atoms with Gasteiger partial charge >= 0.3 is 0 Å². The lowest BCUT2D eigenvalue weighted by Crippen LogP contribution is -2.25. The van der Waals surface area contributed by atoms with Crippen molar-refractivity contribution in [2.45, 2.75) is 12.8 Å². The van der Waals surface area contributed by atoms with E-state index >= 15 is 0 Å². The number of nitrogens with zero attached hydrogens (tertiary/aromatic N) is 3. The Hall–Kier alpha value is -3.38. The lowest BCUT2D eigenvalue weighted by Gasteiger charge is -2.14. The third kappa shape index (κ3) is 3.86. The maximum Gasteiger partial charge on any atom is 0.210 e. The van der Waals surface area contributed by atoms with Gasteiger partial charge < -0.3 is 14.3 Å². The fourth-order valence-corrected chi connectivity index (χ4v) is 3.87. The molecule has 4 heterocycles. The Labute approximate surface area is 174 Å². The molecule has 6 heteroatoms. The first-order valence-corrected chi connectivity index (χ1v) is 10.3. The van der Waals surface area contributed by atoms with E-state index in [2.05, 4.69) is 14.9 Å². The summed E-state index contributed by atoms with van der Waals surface area (Å²) < 4.78 is 12.1. The van der Waals surface area contributed by atoms with Crippen LogP contribution in [0.3, 0.4) is 0 Å². The van der Waals surface area contributed by atoms with Crippen LogP contribution in [0.2, 0.25) is 0 Å². The molecule has 1 saturated heterocycles. The number of hydrogen-bond donors (Lipinski definition) is 1. The third-order valence-corrected chi connectivity index (χ3v) is 5.48. The molecule has 0 atom stereocenters. The molecular formula is C24H23N3O3. The number of aromatic hydroxyl groups is 1. The summed E-state index contributed by atoms with van der Waals surface area (Å²) in [6.07, 6.45) is 5.97. The van der Waals surface area contributed by atoms with Gasteiger partial charge in [0.2, 0.25) is 5.88 Å². The van der Waals surface area contributed by atoms with Crippen molar-refractivity contribution in [3.8, 4) is 34.1 Å². The van der Waals surface area contributed by atoms with Gasteiger partial charge in [0.05, 0.1) is 0 Å². The second-order valence-electron chi connectivity index (χ2n) is 7.51. The number of rotatable bonds is 6. The van der Waals surface area contributed by atoms with Crippen LogP contribution in [0, 0.1) is 0 Å². The summed E-state index contributed by atoms with van der Waals surface area (Å²) in [6.45, 7) is 4.05. The molecule has 1 N–H and O–H groups in total. The minimum atomic E-state index is -0.00748. The Morgan fingerprint density at radius 1 is 0.967 bits per heavy atom. The standard InChI is InChI=1S/C24H23N3O3/c28-23-8-5-18(16-26-23)20-9-10-25-21-15-22(30-24(20)21)17-3-6-19(7-4-17)29-14-13-27-11-1-2-12-27/h3-10,15-16H,1-2,11-14H2,(H,26,28). The van der Waals surface area contributed by atoms with Gasteiger partial charge in [0.1, 0.15) is 23.6 Å². The predicted octanol–water partition coefficient (Wildman–Crippen LogP) is 4.74. The van der Waals surface area contributed by atoms with Gasteiger partial charge in [0, 0.05) is 47.8 Å². The van der Waals surface area contributed by atoms with Crippen LogP contribution in [-0.2, 0) is 0 Å². The topological polar surface area (TPSA) is 71.6 Å². The fraction of sp³-hybridized carbons (Fsp3) is 0.250. The van der Waals surface area contributed by atoms with E-state index < -0.39 is 0 Å². The van der Waals surface area contributed by atoms with Crippen LogP contribution >= 0.6 is 0 Å². The van der Waals surface area contributed by atoms with E-state index in [1.54, 1.807) is 18.5 Å². The van der Waals surface area contributed by atoms with Crippen molar-refractivity contribution < 1.29 is 14.3 Å². The van der Waals surface area contributed by atoms with Crippen LogP contribution in [0.4, 0.5) is 0 Å². The van der Waals surface area contributed by atoms with Gasteiger partial charge in [-0.25, -0.2) is 4.98 Å². The lowest BCUT2D eigenvalue weighted by molar-refractivity contribution is 0.238. The smallest absolute Gasteiger partial charge is 0.210 e. The first kappa shape index (κ1) is 18.6. The van der Waals surface area contributed by atoms with Crippen molar-refractivity contribution in [2.24, 2.45) is 0 Å². The summed E-state index contributed by atoms with van der Waals surface area (Å²) >= 11 is 0. The van der Waals surface area contributed by atoms with Crippen molar-refractivity contribution in [2.75, 3.05) is 26.2 Å². The van der Waals surface area contributed by atoms with Crippen molar-refractivity contribution in [1.82, 2.24) is 14.9 Å². The van der Waals surface area contributed by atoms with Gasteiger partial charge in [-0.15, -0.1) is 0 Å². The highest BCUT2D eigenvalue weighted by molar-refractivity contribution is 5.92. The van der Waals surface area contributed by atoms with Crippen LogP contribution in [0.1, 0.15) is 12.8 Å². The fourth-order valence-electron chi connectivity index (χ4n) is 3.87. The van der Waals surface area contributed by atoms with E-state index in [1.807, 2.05) is 42.5 Å². The van der Waals surface area contributed by atoms with Crippen molar-refractivity contribution in [1.29, 1.82) is 0 Å². The summed E-state index contributed by atoms with van der Waals surface area (Å²) in [6, 6.07) is 15.2.